The molecule has 6 heteroatoms. The molecule has 2 heterocycles. The molecule has 17 heavy (non-hydrogen) atoms. The van der Waals surface area contributed by atoms with Gasteiger partial charge in [-0.3, -0.25) is 0 Å². The maximum atomic E-state index is 5.31. The van der Waals surface area contributed by atoms with Gasteiger partial charge in [-0.25, -0.2) is 0 Å². The summed E-state index contributed by atoms with van der Waals surface area (Å²) in [4.78, 5) is 4.38. The van der Waals surface area contributed by atoms with Gasteiger partial charge in [0.2, 0.25) is 11.7 Å². The van der Waals surface area contributed by atoms with Crippen molar-refractivity contribution in [2.24, 2.45) is 0 Å². The second-order valence-corrected chi connectivity index (χ2v) is 4.72. The predicted octanol–water partition coefficient (Wildman–Crippen LogP) is 1.00. The molecule has 1 N–H and O–H groups in total. The number of hydrogen-bond acceptors (Lipinski definition) is 6. The van der Waals surface area contributed by atoms with Crippen LogP contribution in [0.5, 0.6) is 0 Å². The first-order chi connectivity index (χ1) is 8.06. The van der Waals surface area contributed by atoms with Crippen LogP contribution in [0.2, 0.25) is 0 Å². The summed E-state index contributed by atoms with van der Waals surface area (Å²) in [6.07, 6.45) is 1.07. The highest BCUT2D eigenvalue weighted by atomic mass is 16.5. The van der Waals surface area contributed by atoms with Gasteiger partial charge in [-0.2, -0.15) is 4.98 Å². The summed E-state index contributed by atoms with van der Waals surface area (Å²) in [5.74, 6) is 1.17. The molecule has 1 aromatic rings. The minimum absolute atomic E-state index is 0.0776. The first-order valence-corrected chi connectivity index (χ1v) is 5.72. The van der Waals surface area contributed by atoms with Crippen molar-refractivity contribution >= 4 is 0 Å². The van der Waals surface area contributed by atoms with Crippen molar-refractivity contribution in [3.63, 3.8) is 0 Å². The van der Waals surface area contributed by atoms with Crippen LogP contribution in [0.4, 0.5) is 0 Å². The Morgan fingerprint density at radius 2 is 2.18 bits per heavy atom. The van der Waals surface area contributed by atoms with Crippen LogP contribution in [-0.4, -0.2) is 37.0 Å². The van der Waals surface area contributed by atoms with Crippen LogP contribution in [0.15, 0.2) is 4.52 Å². The molecular weight excluding hydrogens is 222 g/mol. The lowest BCUT2D eigenvalue weighted by atomic mass is 10.1. The van der Waals surface area contributed by atoms with Crippen molar-refractivity contribution in [1.82, 2.24) is 15.5 Å². The molecule has 0 amide bonds. The van der Waals surface area contributed by atoms with E-state index in [0.29, 0.717) is 11.7 Å². The summed E-state index contributed by atoms with van der Waals surface area (Å²) in [6, 6.07) is 0.0776. The van der Waals surface area contributed by atoms with Crippen LogP contribution in [0.1, 0.15) is 38.0 Å². The van der Waals surface area contributed by atoms with Crippen LogP contribution < -0.4 is 5.32 Å². The number of ether oxygens (including phenoxy) is 2. The van der Waals surface area contributed by atoms with E-state index in [9.17, 15) is 0 Å². The SMILES string of the molecule is COC1CNC(c2nc(C(C)(C)OC)no2)C1. The highest BCUT2D eigenvalue weighted by Crippen LogP contribution is 2.26. The van der Waals surface area contributed by atoms with Crippen molar-refractivity contribution in [3.8, 4) is 0 Å². The lowest BCUT2D eigenvalue weighted by Gasteiger charge is -2.17. The maximum absolute atomic E-state index is 5.31. The summed E-state index contributed by atoms with van der Waals surface area (Å²) in [5.41, 5.74) is -0.527. The van der Waals surface area contributed by atoms with Gasteiger partial charge in [0.1, 0.15) is 5.60 Å². The Bertz CT molecular complexity index is 378. The smallest absolute Gasteiger partial charge is 0.243 e. The Morgan fingerprint density at radius 3 is 2.76 bits per heavy atom. The fraction of sp³-hybridized carbons (Fsp3) is 0.818. The number of hydrogen-bond donors (Lipinski definition) is 1. The molecule has 2 unspecified atom stereocenters. The van der Waals surface area contributed by atoms with E-state index in [1.807, 2.05) is 13.8 Å². The Balaban J connectivity index is 2.09. The van der Waals surface area contributed by atoms with Crippen LogP contribution in [0.25, 0.3) is 0 Å². The van der Waals surface area contributed by atoms with Gasteiger partial charge in [-0.15, -0.1) is 0 Å². The van der Waals surface area contributed by atoms with Gasteiger partial charge in [0, 0.05) is 20.8 Å². The van der Waals surface area contributed by atoms with E-state index in [1.54, 1.807) is 14.2 Å². The lowest BCUT2D eigenvalue weighted by molar-refractivity contribution is 0.00973. The first kappa shape index (κ1) is 12.5. The van der Waals surface area contributed by atoms with Gasteiger partial charge >= 0.3 is 0 Å². The van der Waals surface area contributed by atoms with Gasteiger partial charge in [-0.05, 0) is 20.3 Å². The number of aromatic nitrogens is 2. The number of nitrogens with zero attached hydrogens (tertiary/aromatic N) is 2. The van der Waals surface area contributed by atoms with E-state index in [0.717, 1.165) is 13.0 Å². The molecular formula is C11H19N3O3. The first-order valence-electron chi connectivity index (χ1n) is 5.72. The second kappa shape index (κ2) is 4.72. The molecule has 1 aromatic heterocycles. The van der Waals surface area contributed by atoms with Crippen molar-refractivity contribution in [3.05, 3.63) is 11.7 Å². The van der Waals surface area contributed by atoms with Gasteiger partial charge in [0.15, 0.2) is 0 Å². The average molecular weight is 241 g/mol. The van der Waals surface area contributed by atoms with Crippen molar-refractivity contribution in [2.45, 2.75) is 38.0 Å². The van der Waals surface area contributed by atoms with Crippen LogP contribution >= 0.6 is 0 Å². The van der Waals surface area contributed by atoms with Crippen LogP contribution in [0, 0.1) is 0 Å². The molecule has 1 fully saturated rings. The third-order valence-electron chi connectivity index (χ3n) is 3.21. The van der Waals surface area contributed by atoms with Crippen molar-refractivity contribution < 1.29 is 14.0 Å². The summed E-state index contributed by atoms with van der Waals surface area (Å²) in [6.45, 7) is 4.62. The minimum atomic E-state index is -0.527. The Labute approximate surface area is 101 Å². The molecule has 0 saturated carbocycles. The topological polar surface area (TPSA) is 69.4 Å². The Kier molecular flexibility index (Phi) is 3.46. The van der Waals surface area contributed by atoms with E-state index in [4.69, 9.17) is 14.0 Å². The lowest BCUT2D eigenvalue weighted by Crippen LogP contribution is -2.21. The summed E-state index contributed by atoms with van der Waals surface area (Å²) in [5, 5.41) is 7.26. The molecule has 96 valence electrons. The van der Waals surface area contributed by atoms with E-state index in [2.05, 4.69) is 15.5 Å². The van der Waals surface area contributed by atoms with E-state index < -0.39 is 5.60 Å². The molecule has 1 aliphatic rings. The number of methoxy groups -OCH3 is 2. The number of nitrogens with one attached hydrogen (secondary N) is 1. The number of rotatable bonds is 4. The molecule has 0 aromatic carbocycles. The average Bonchev–Trinajstić information content (AvgIpc) is 2.97. The highest BCUT2D eigenvalue weighted by Gasteiger charge is 2.32. The standard InChI is InChI=1S/C11H19N3O3/c1-11(2,16-4)10-13-9(17-14-10)8-5-7(15-3)6-12-8/h7-8,12H,5-6H2,1-4H3. The molecule has 1 saturated heterocycles. The zero-order valence-corrected chi connectivity index (χ0v) is 10.7. The van der Waals surface area contributed by atoms with Crippen LogP contribution in [0.3, 0.4) is 0 Å². The van der Waals surface area contributed by atoms with Gasteiger partial charge in [0.05, 0.1) is 12.1 Å². The molecule has 0 aliphatic carbocycles. The normalized spacial score (nSPS) is 25.4. The monoisotopic (exact) mass is 241 g/mol. The van der Waals surface area contributed by atoms with E-state index in [1.165, 1.54) is 0 Å². The van der Waals surface area contributed by atoms with Gasteiger partial charge in [0.25, 0.3) is 0 Å². The fourth-order valence-corrected chi connectivity index (χ4v) is 1.78. The molecule has 0 radical (unpaired) electrons. The fourth-order valence-electron chi connectivity index (χ4n) is 1.78. The second-order valence-electron chi connectivity index (χ2n) is 4.72. The van der Waals surface area contributed by atoms with Crippen molar-refractivity contribution in [1.29, 1.82) is 0 Å². The van der Waals surface area contributed by atoms with E-state index >= 15 is 0 Å². The zero-order chi connectivity index (χ0) is 12.5. The largest absolute Gasteiger partial charge is 0.380 e. The Morgan fingerprint density at radius 1 is 1.41 bits per heavy atom. The summed E-state index contributed by atoms with van der Waals surface area (Å²) >= 11 is 0. The maximum Gasteiger partial charge on any atom is 0.243 e. The quantitative estimate of drug-likeness (QED) is 0.848. The Hall–Kier alpha value is -0.980. The third-order valence-corrected chi connectivity index (χ3v) is 3.21. The zero-order valence-electron chi connectivity index (χ0n) is 10.7. The molecule has 0 spiro atoms. The highest BCUT2D eigenvalue weighted by molar-refractivity contribution is 5.02. The van der Waals surface area contributed by atoms with Crippen LogP contribution in [-0.2, 0) is 15.1 Å². The molecule has 1 aliphatic heterocycles. The van der Waals surface area contributed by atoms with Gasteiger partial charge < -0.3 is 19.3 Å². The molecule has 6 nitrogen and oxygen atoms in total. The minimum Gasteiger partial charge on any atom is -0.380 e. The predicted molar refractivity (Wildman–Crippen MR) is 60.5 cm³/mol. The van der Waals surface area contributed by atoms with Crippen molar-refractivity contribution in [2.75, 3.05) is 20.8 Å². The molecule has 2 rings (SSSR count). The summed E-state index contributed by atoms with van der Waals surface area (Å²) in [7, 11) is 3.34. The van der Waals surface area contributed by atoms with Gasteiger partial charge in [-0.1, -0.05) is 5.16 Å². The third kappa shape index (κ3) is 2.48. The summed E-state index contributed by atoms with van der Waals surface area (Å²) < 4.78 is 15.9. The molecule has 2 atom stereocenters. The van der Waals surface area contributed by atoms with E-state index in [-0.39, 0.29) is 12.1 Å². The molecule has 0 bridgehead atoms.